The number of aliphatic hydroxyl groups is 1. The van der Waals surface area contributed by atoms with Gasteiger partial charge in [-0.25, -0.2) is 0 Å². The minimum absolute atomic E-state index is 0.0663. The normalized spacial score (nSPS) is 51.4. The summed E-state index contributed by atoms with van der Waals surface area (Å²) in [5.74, 6) is -1.77. The van der Waals surface area contributed by atoms with Crippen LogP contribution in [0.15, 0.2) is 23.5 Å². The van der Waals surface area contributed by atoms with Crippen LogP contribution in [0.4, 0.5) is 0 Å². The maximum absolute atomic E-state index is 14.3. The molecule has 8 heteroatoms. The van der Waals surface area contributed by atoms with Crippen LogP contribution in [0.2, 0.25) is 0 Å². The molecule has 0 unspecified atom stereocenters. The summed E-state index contributed by atoms with van der Waals surface area (Å²) in [5.41, 5.74) is -0.254. The van der Waals surface area contributed by atoms with E-state index >= 15 is 0 Å². The zero-order valence-electron chi connectivity index (χ0n) is 21.6. The fourth-order valence-electron chi connectivity index (χ4n) is 9.94. The Kier molecular flexibility index (Phi) is 4.79. The third-order valence-electron chi connectivity index (χ3n) is 10.6. The molecule has 3 saturated heterocycles. The molecule has 3 spiro atoms. The smallest absolute Gasteiger partial charge is 0.213 e. The van der Waals surface area contributed by atoms with Crippen molar-refractivity contribution >= 4 is 17.4 Å². The van der Waals surface area contributed by atoms with Crippen molar-refractivity contribution < 1.29 is 33.6 Å². The predicted octanol–water partition coefficient (Wildman–Crippen LogP) is 4.07. The van der Waals surface area contributed by atoms with E-state index in [-0.39, 0.29) is 29.0 Å². The summed E-state index contributed by atoms with van der Waals surface area (Å²) < 4.78 is 32.6. The lowest BCUT2D eigenvalue weighted by molar-refractivity contribution is -0.527. The maximum atomic E-state index is 14.3. The first kappa shape index (κ1) is 24.1. The monoisotopic (exact) mass is 520 g/mol. The number of carbonyl (C=O) groups excluding carboxylic acids is 1. The van der Waals surface area contributed by atoms with Gasteiger partial charge in [-0.1, -0.05) is 20.4 Å². The van der Waals surface area contributed by atoms with Gasteiger partial charge in [-0.05, 0) is 62.0 Å². The Hall–Kier alpha value is -0.960. The molecule has 198 valence electrons. The summed E-state index contributed by atoms with van der Waals surface area (Å²) >= 11 is 5.91. The molecular formula is C28H37ClO7. The Bertz CT molecular complexity index is 1080. The molecule has 7 nitrogen and oxygen atoms in total. The lowest BCUT2D eigenvalue weighted by atomic mass is 9.36. The van der Waals surface area contributed by atoms with Crippen molar-refractivity contribution in [2.24, 2.45) is 34.0 Å². The van der Waals surface area contributed by atoms with E-state index in [0.29, 0.717) is 24.7 Å². The van der Waals surface area contributed by atoms with E-state index in [1.165, 1.54) is 5.57 Å². The lowest BCUT2D eigenvalue weighted by Crippen LogP contribution is -2.87. The van der Waals surface area contributed by atoms with Crippen LogP contribution in [0.25, 0.3) is 0 Å². The summed E-state index contributed by atoms with van der Waals surface area (Å²) in [7, 11) is 0. The second-order valence-electron chi connectivity index (χ2n) is 13.2. The second-order valence-corrected chi connectivity index (χ2v) is 13.5. The topological polar surface area (TPSA) is 83.5 Å². The van der Waals surface area contributed by atoms with Crippen LogP contribution < -0.4 is 0 Å². The molecule has 3 saturated carbocycles. The summed E-state index contributed by atoms with van der Waals surface area (Å²) in [6.07, 6.45) is 2.17. The summed E-state index contributed by atoms with van der Waals surface area (Å²) in [5, 5.41) is 12.4. The number of ketones is 1. The van der Waals surface area contributed by atoms with Crippen molar-refractivity contribution in [1.29, 1.82) is 0 Å². The summed E-state index contributed by atoms with van der Waals surface area (Å²) in [6.45, 7) is 13.1. The number of fused-ring (bicyclic) bond motifs is 1. The molecule has 0 aromatic carbocycles. The van der Waals surface area contributed by atoms with Gasteiger partial charge in [0.1, 0.15) is 17.3 Å². The van der Waals surface area contributed by atoms with Gasteiger partial charge in [0.2, 0.25) is 5.79 Å². The molecule has 1 N–H and O–H groups in total. The first-order valence-electron chi connectivity index (χ1n) is 13.5. The number of hydrogen-bond donors (Lipinski definition) is 1. The Balaban J connectivity index is 1.47. The van der Waals surface area contributed by atoms with Crippen LogP contribution in [0.3, 0.4) is 0 Å². The van der Waals surface area contributed by atoms with Gasteiger partial charge in [0.15, 0.2) is 17.9 Å². The predicted molar refractivity (Wildman–Crippen MR) is 130 cm³/mol. The zero-order valence-corrected chi connectivity index (χ0v) is 22.4. The average Bonchev–Trinajstić information content (AvgIpc) is 2.93. The van der Waals surface area contributed by atoms with Crippen LogP contribution in [0, 0.1) is 34.0 Å². The van der Waals surface area contributed by atoms with E-state index in [2.05, 4.69) is 20.4 Å². The van der Waals surface area contributed by atoms with Gasteiger partial charge in [0.05, 0.1) is 24.7 Å². The highest BCUT2D eigenvalue weighted by atomic mass is 35.5. The van der Waals surface area contributed by atoms with Gasteiger partial charge < -0.3 is 28.8 Å². The second kappa shape index (κ2) is 7.16. The van der Waals surface area contributed by atoms with E-state index < -0.39 is 40.9 Å². The molecule has 8 rings (SSSR count). The molecule has 0 amide bonds. The van der Waals surface area contributed by atoms with Crippen molar-refractivity contribution in [1.82, 2.24) is 0 Å². The minimum Gasteiger partial charge on any atom is -0.469 e. The highest BCUT2D eigenvalue weighted by Gasteiger charge is 2.90. The molecule has 0 aromatic heterocycles. The quantitative estimate of drug-likeness (QED) is 0.443. The molecule has 8 aliphatic rings. The van der Waals surface area contributed by atoms with Gasteiger partial charge in [0.25, 0.3) is 0 Å². The first-order chi connectivity index (χ1) is 17.0. The third kappa shape index (κ3) is 2.48. The molecule has 4 bridgehead atoms. The van der Waals surface area contributed by atoms with Crippen LogP contribution in [-0.4, -0.2) is 60.1 Å². The van der Waals surface area contributed by atoms with Gasteiger partial charge in [-0.2, -0.15) is 0 Å². The van der Waals surface area contributed by atoms with Gasteiger partial charge in [-0.15, -0.1) is 11.6 Å². The molecular weight excluding hydrogens is 484 g/mol. The van der Waals surface area contributed by atoms with E-state index in [9.17, 15) is 9.90 Å². The van der Waals surface area contributed by atoms with Gasteiger partial charge in [-0.3, -0.25) is 4.79 Å². The Morgan fingerprint density at radius 2 is 1.97 bits per heavy atom. The summed E-state index contributed by atoms with van der Waals surface area (Å²) in [4.78, 5) is 14.3. The van der Waals surface area contributed by atoms with Crippen molar-refractivity contribution in [3.8, 4) is 0 Å². The molecule has 0 aromatic rings. The average molecular weight is 521 g/mol. The Morgan fingerprint density at radius 3 is 2.72 bits per heavy atom. The minimum atomic E-state index is -1.48. The van der Waals surface area contributed by atoms with E-state index in [1.807, 2.05) is 13.8 Å². The molecule has 9 atom stereocenters. The summed E-state index contributed by atoms with van der Waals surface area (Å²) in [6, 6.07) is 0. The lowest BCUT2D eigenvalue weighted by Gasteiger charge is -2.77. The maximum Gasteiger partial charge on any atom is 0.213 e. The number of rotatable bonds is 3. The number of hydrogen-bond acceptors (Lipinski definition) is 7. The Morgan fingerprint density at radius 1 is 1.19 bits per heavy atom. The van der Waals surface area contributed by atoms with Crippen LogP contribution in [-0.2, 0) is 28.5 Å². The van der Waals surface area contributed by atoms with Crippen molar-refractivity contribution in [2.45, 2.75) is 89.9 Å². The zero-order chi connectivity index (χ0) is 25.5. The molecule has 4 aliphatic heterocycles. The highest BCUT2D eigenvalue weighted by molar-refractivity contribution is 6.17. The molecule has 4 heterocycles. The van der Waals surface area contributed by atoms with Crippen LogP contribution in [0.1, 0.15) is 59.8 Å². The number of allylic oxidation sites excluding steroid dienone is 1. The first-order valence-corrected chi connectivity index (χ1v) is 14.0. The van der Waals surface area contributed by atoms with Crippen molar-refractivity contribution in [3.63, 3.8) is 0 Å². The molecule has 6 fully saturated rings. The number of aliphatic hydroxyl groups excluding tert-OH is 1. The number of carbonyl (C=O) groups is 1. The fourth-order valence-corrected chi connectivity index (χ4v) is 10.0. The standard InChI is InChI=1S/C28H37ClO7/c1-14-16-7-8-17-26-13-33-28(27(17,20(14)30)23(16)35-25(4,5)36-28)21(31)19(26)24(2,3)12-15-6-9-18(32-11-10-29)34-22(15)26/h16-19,21,23,31H,1,6-13H2,2-5H3/t16-,17-,18+,19+,21-,23+,26-,27-,28+/m0/s1. The number of ether oxygens (including phenoxy) is 5. The van der Waals surface area contributed by atoms with Crippen LogP contribution in [0.5, 0.6) is 0 Å². The van der Waals surface area contributed by atoms with Gasteiger partial charge >= 0.3 is 0 Å². The van der Waals surface area contributed by atoms with Crippen LogP contribution >= 0.6 is 11.6 Å². The van der Waals surface area contributed by atoms with E-state index in [1.54, 1.807) is 0 Å². The van der Waals surface area contributed by atoms with Crippen molar-refractivity contribution in [3.05, 3.63) is 23.5 Å². The fraction of sp³-hybridized carbons (Fsp3) is 0.821. The Labute approximate surface area is 217 Å². The van der Waals surface area contributed by atoms with E-state index in [0.717, 1.165) is 37.9 Å². The van der Waals surface area contributed by atoms with Crippen molar-refractivity contribution in [2.75, 3.05) is 19.1 Å². The molecule has 36 heavy (non-hydrogen) atoms. The van der Waals surface area contributed by atoms with E-state index in [4.69, 9.17) is 35.3 Å². The molecule has 0 radical (unpaired) electrons. The number of Topliss-reactive ketones (excluding diaryl/α,β-unsaturated/α-hetero) is 1. The largest absolute Gasteiger partial charge is 0.469 e. The molecule has 4 aliphatic carbocycles. The number of halogens is 1. The van der Waals surface area contributed by atoms with Gasteiger partial charge in [0, 0.05) is 24.1 Å². The highest BCUT2D eigenvalue weighted by Crippen LogP contribution is 2.80. The third-order valence-corrected chi connectivity index (χ3v) is 10.8. The number of alkyl halides is 1. The SMILES string of the molecule is C=C1C(=O)[C@@]23[C@@H]4OC(C)(C)O[C@@]25OC[C@]2(C6=C(CC[C@H](OCCCl)O6)CC(C)(C)[C@H]2[C@@H]5O)[C@@H]3CC[C@@H]14.